The summed E-state index contributed by atoms with van der Waals surface area (Å²) < 4.78 is 5.79. The van der Waals surface area contributed by atoms with E-state index < -0.39 is 0 Å². The van der Waals surface area contributed by atoms with Crippen LogP contribution in [0, 0.1) is 0 Å². The SMILES string of the molecule is CCCCC/C=C/COc1ccc(-c2ccc(CCCCCCC)cn2)cc1. The van der Waals surface area contributed by atoms with Crippen molar-refractivity contribution in [1.29, 1.82) is 0 Å². The number of unbranched alkanes of at least 4 members (excludes halogenated alkanes) is 7. The number of allylic oxidation sites excluding steroid dienone is 1. The normalized spacial score (nSPS) is 11.2. The summed E-state index contributed by atoms with van der Waals surface area (Å²) in [6, 6.07) is 12.6. The average Bonchev–Trinajstić information content (AvgIpc) is 2.74. The molecule has 1 aromatic carbocycles. The van der Waals surface area contributed by atoms with Crippen LogP contribution in [0.15, 0.2) is 54.7 Å². The first-order chi connectivity index (χ1) is 13.8. The molecule has 0 bridgehead atoms. The summed E-state index contributed by atoms with van der Waals surface area (Å²) >= 11 is 0. The highest BCUT2D eigenvalue weighted by atomic mass is 16.5. The van der Waals surface area contributed by atoms with Gasteiger partial charge in [-0.3, -0.25) is 4.98 Å². The molecular formula is C26H37NO. The van der Waals surface area contributed by atoms with Gasteiger partial charge in [0.1, 0.15) is 12.4 Å². The van der Waals surface area contributed by atoms with E-state index in [1.807, 2.05) is 18.3 Å². The molecule has 1 aromatic heterocycles. The Kier molecular flexibility index (Phi) is 11.1. The number of benzene rings is 1. The Morgan fingerprint density at radius 1 is 0.786 bits per heavy atom. The third-order valence-electron chi connectivity index (χ3n) is 5.03. The molecule has 0 saturated heterocycles. The van der Waals surface area contributed by atoms with Crippen LogP contribution < -0.4 is 4.74 Å². The zero-order valence-electron chi connectivity index (χ0n) is 17.8. The zero-order chi connectivity index (χ0) is 19.9. The van der Waals surface area contributed by atoms with E-state index in [2.05, 4.69) is 55.2 Å². The van der Waals surface area contributed by atoms with Gasteiger partial charge in [-0.1, -0.05) is 70.6 Å². The number of pyridine rings is 1. The van der Waals surface area contributed by atoms with E-state index in [9.17, 15) is 0 Å². The van der Waals surface area contributed by atoms with Crippen molar-refractivity contribution >= 4 is 0 Å². The first-order valence-corrected chi connectivity index (χ1v) is 11.2. The number of hydrogen-bond acceptors (Lipinski definition) is 2. The molecule has 0 aliphatic heterocycles. The Balaban J connectivity index is 1.74. The Bertz CT molecular complexity index is 658. The van der Waals surface area contributed by atoms with E-state index in [1.54, 1.807) is 0 Å². The van der Waals surface area contributed by atoms with Crippen LogP contribution >= 0.6 is 0 Å². The Hall–Kier alpha value is -2.09. The highest BCUT2D eigenvalue weighted by Crippen LogP contribution is 2.21. The van der Waals surface area contributed by atoms with Crippen LogP contribution in [0.4, 0.5) is 0 Å². The Morgan fingerprint density at radius 3 is 2.25 bits per heavy atom. The van der Waals surface area contributed by atoms with Crippen LogP contribution in [0.3, 0.4) is 0 Å². The van der Waals surface area contributed by atoms with Crippen molar-refractivity contribution in [1.82, 2.24) is 4.98 Å². The first-order valence-electron chi connectivity index (χ1n) is 11.2. The fourth-order valence-electron chi connectivity index (χ4n) is 3.24. The van der Waals surface area contributed by atoms with E-state index in [1.165, 1.54) is 56.9 Å². The lowest BCUT2D eigenvalue weighted by Gasteiger charge is -2.06. The van der Waals surface area contributed by atoms with Gasteiger partial charge in [0.2, 0.25) is 0 Å². The summed E-state index contributed by atoms with van der Waals surface area (Å²) in [6.07, 6.45) is 19.1. The van der Waals surface area contributed by atoms with Crippen LogP contribution in [0.1, 0.15) is 77.2 Å². The summed E-state index contributed by atoms with van der Waals surface area (Å²) in [4.78, 5) is 4.65. The van der Waals surface area contributed by atoms with E-state index in [-0.39, 0.29) is 0 Å². The van der Waals surface area contributed by atoms with Crippen molar-refractivity contribution in [2.75, 3.05) is 6.61 Å². The van der Waals surface area contributed by atoms with Crippen molar-refractivity contribution < 1.29 is 4.74 Å². The molecule has 0 atom stereocenters. The predicted octanol–water partition coefficient (Wildman–Crippen LogP) is 7.78. The van der Waals surface area contributed by atoms with E-state index >= 15 is 0 Å². The molecule has 0 saturated carbocycles. The third-order valence-corrected chi connectivity index (χ3v) is 5.03. The van der Waals surface area contributed by atoms with Crippen molar-refractivity contribution in [2.45, 2.75) is 78.1 Å². The van der Waals surface area contributed by atoms with Crippen molar-refractivity contribution in [2.24, 2.45) is 0 Å². The van der Waals surface area contributed by atoms with Crippen LogP contribution in [0.25, 0.3) is 11.3 Å². The molecule has 0 radical (unpaired) electrons. The van der Waals surface area contributed by atoms with Crippen LogP contribution in [0.2, 0.25) is 0 Å². The minimum Gasteiger partial charge on any atom is -0.490 e. The van der Waals surface area contributed by atoms with Gasteiger partial charge in [-0.15, -0.1) is 0 Å². The van der Waals surface area contributed by atoms with Gasteiger partial charge in [-0.05, 0) is 61.6 Å². The van der Waals surface area contributed by atoms with Gasteiger partial charge in [0.25, 0.3) is 0 Å². The topological polar surface area (TPSA) is 22.1 Å². The minimum absolute atomic E-state index is 0.636. The highest BCUT2D eigenvalue weighted by molar-refractivity contribution is 5.60. The van der Waals surface area contributed by atoms with Crippen molar-refractivity contribution in [3.63, 3.8) is 0 Å². The number of rotatable bonds is 14. The Labute approximate surface area is 172 Å². The summed E-state index contributed by atoms with van der Waals surface area (Å²) in [5, 5.41) is 0. The van der Waals surface area contributed by atoms with Gasteiger partial charge >= 0.3 is 0 Å². The maximum Gasteiger partial charge on any atom is 0.119 e. The molecule has 152 valence electrons. The molecule has 0 unspecified atom stereocenters. The lowest BCUT2D eigenvalue weighted by Crippen LogP contribution is -1.93. The molecule has 2 nitrogen and oxygen atoms in total. The van der Waals surface area contributed by atoms with Crippen LogP contribution in [-0.4, -0.2) is 11.6 Å². The summed E-state index contributed by atoms with van der Waals surface area (Å²) in [5.74, 6) is 0.908. The lowest BCUT2D eigenvalue weighted by atomic mass is 10.1. The highest BCUT2D eigenvalue weighted by Gasteiger charge is 2.01. The lowest BCUT2D eigenvalue weighted by molar-refractivity contribution is 0.362. The largest absolute Gasteiger partial charge is 0.490 e. The smallest absolute Gasteiger partial charge is 0.119 e. The fourth-order valence-corrected chi connectivity index (χ4v) is 3.24. The molecule has 2 aromatic rings. The molecule has 0 fully saturated rings. The summed E-state index contributed by atoms with van der Waals surface area (Å²) in [6.45, 7) is 5.13. The second-order valence-corrected chi connectivity index (χ2v) is 7.52. The average molecular weight is 380 g/mol. The van der Waals surface area contributed by atoms with Gasteiger partial charge in [0.05, 0.1) is 5.69 Å². The summed E-state index contributed by atoms with van der Waals surface area (Å²) in [5.41, 5.74) is 3.50. The van der Waals surface area contributed by atoms with Crippen molar-refractivity contribution in [3.8, 4) is 17.0 Å². The quantitative estimate of drug-likeness (QED) is 0.247. The van der Waals surface area contributed by atoms with E-state index in [0.717, 1.165) is 29.8 Å². The molecule has 0 N–H and O–H groups in total. The first kappa shape index (κ1) is 22.2. The predicted molar refractivity (Wildman–Crippen MR) is 121 cm³/mol. The second kappa shape index (κ2) is 14.0. The van der Waals surface area contributed by atoms with E-state index in [0.29, 0.717) is 6.61 Å². The molecular weight excluding hydrogens is 342 g/mol. The van der Waals surface area contributed by atoms with Crippen LogP contribution in [-0.2, 0) is 6.42 Å². The van der Waals surface area contributed by atoms with Gasteiger partial charge in [0, 0.05) is 11.8 Å². The summed E-state index contributed by atoms with van der Waals surface area (Å²) in [7, 11) is 0. The maximum absolute atomic E-state index is 5.79. The van der Waals surface area contributed by atoms with Gasteiger partial charge in [-0.25, -0.2) is 0 Å². The molecule has 2 rings (SSSR count). The number of ether oxygens (including phenoxy) is 1. The molecule has 1 heterocycles. The van der Waals surface area contributed by atoms with Crippen LogP contribution in [0.5, 0.6) is 5.75 Å². The molecule has 0 aliphatic carbocycles. The Morgan fingerprint density at radius 2 is 1.54 bits per heavy atom. The van der Waals surface area contributed by atoms with E-state index in [4.69, 9.17) is 4.74 Å². The minimum atomic E-state index is 0.636. The zero-order valence-corrected chi connectivity index (χ0v) is 17.8. The standard InChI is InChI=1S/C26H37NO/c1-3-5-7-9-11-13-21-28-25-18-16-24(17-19-25)26-20-15-23(22-27-26)14-12-10-8-6-4-2/h11,13,15-20,22H,3-10,12,14,21H2,1-2H3/b13-11+. The van der Waals surface area contributed by atoms with Gasteiger partial charge in [-0.2, -0.15) is 0 Å². The van der Waals surface area contributed by atoms with Crippen molar-refractivity contribution in [3.05, 3.63) is 60.3 Å². The molecule has 2 heteroatoms. The fraction of sp³-hybridized carbons (Fsp3) is 0.500. The number of nitrogens with zero attached hydrogens (tertiary/aromatic N) is 1. The third kappa shape index (κ3) is 8.73. The number of aryl methyl sites for hydroxylation is 1. The number of aromatic nitrogens is 1. The maximum atomic E-state index is 5.79. The van der Waals surface area contributed by atoms with Gasteiger partial charge < -0.3 is 4.74 Å². The molecule has 0 spiro atoms. The monoisotopic (exact) mass is 379 g/mol. The van der Waals surface area contributed by atoms with Gasteiger partial charge in [0.15, 0.2) is 0 Å². The molecule has 28 heavy (non-hydrogen) atoms. The molecule has 0 aliphatic rings. The second-order valence-electron chi connectivity index (χ2n) is 7.52. The number of hydrogen-bond donors (Lipinski definition) is 0. The molecule has 0 amide bonds.